The number of carboxylic acids is 1. The monoisotopic (exact) mass is 378 g/mol. The van der Waals surface area contributed by atoms with E-state index in [1.165, 1.54) is 0 Å². The first-order valence-corrected chi connectivity index (χ1v) is 9.85. The zero-order chi connectivity index (χ0) is 20.4. The van der Waals surface area contributed by atoms with Crippen LogP contribution >= 0.6 is 0 Å². The zero-order valence-electron chi connectivity index (χ0n) is 16.6. The van der Waals surface area contributed by atoms with Gasteiger partial charge in [-0.05, 0) is 56.9 Å². The van der Waals surface area contributed by atoms with Gasteiger partial charge in [0.25, 0.3) is 0 Å². The molecule has 1 rings (SSSR count). The van der Waals surface area contributed by atoms with Gasteiger partial charge in [-0.15, -0.1) is 0 Å². The highest BCUT2D eigenvalue weighted by molar-refractivity contribution is 5.83. The van der Waals surface area contributed by atoms with Crippen molar-refractivity contribution in [3.8, 4) is 0 Å². The molecule has 1 saturated carbocycles. The summed E-state index contributed by atoms with van der Waals surface area (Å²) in [5.41, 5.74) is -0.0876. The van der Waals surface area contributed by atoms with Crippen LogP contribution in [0.2, 0.25) is 0 Å². The smallest absolute Gasteiger partial charge is 0.332 e. The molecule has 0 aliphatic heterocycles. The minimum atomic E-state index is -1.34. The van der Waals surface area contributed by atoms with E-state index in [1.54, 1.807) is 6.92 Å². The van der Waals surface area contributed by atoms with Crippen LogP contribution in [0.5, 0.6) is 0 Å². The molecule has 1 fully saturated rings. The van der Waals surface area contributed by atoms with Crippen molar-refractivity contribution in [2.75, 3.05) is 0 Å². The Labute approximate surface area is 162 Å². The fourth-order valence-corrected chi connectivity index (χ4v) is 3.40. The minimum Gasteiger partial charge on any atom is -0.479 e. The van der Waals surface area contributed by atoms with Gasteiger partial charge in [0, 0.05) is 12.3 Å². The summed E-state index contributed by atoms with van der Waals surface area (Å²) in [7, 11) is 0. The molecule has 4 atom stereocenters. The summed E-state index contributed by atoms with van der Waals surface area (Å²) in [6, 6.07) is 0. The van der Waals surface area contributed by atoms with E-state index in [1.807, 2.05) is 24.3 Å². The van der Waals surface area contributed by atoms with Crippen molar-refractivity contribution >= 4 is 11.8 Å². The van der Waals surface area contributed by atoms with Crippen LogP contribution in [0, 0.1) is 11.8 Å². The van der Waals surface area contributed by atoms with Gasteiger partial charge in [0.15, 0.2) is 6.10 Å². The largest absolute Gasteiger partial charge is 0.479 e. The summed E-state index contributed by atoms with van der Waals surface area (Å²) < 4.78 is 0. The number of carbonyl (C=O) groups excluding carboxylic acids is 1. The molecule has 0 aromatic heterocycles. The summed E-state index contributed by atoms with van der Waals surface area (Å²) in [5.74, 6) is -0.855. The maximum atomic E-state index is 12.2. The number of ketones is 1. The number of hydrogen-bond acceptors (Lipinski definition) is 4. The SMILES string of the molecule is C=C(CCC)C(C)(O)CC=C[C@H]1CCC(=O)[C@@H]1CC=CCCC(O)C(=O)O. The van der Waals surface area contributed by atoms with Crippen LogP contribution in [0.3, 0.4) is 0 Å². The number of rotatable bonds is 12. The molecule has 0 aromatic rings. The maximum absolute atomic E-state index is 12.2. The maximum Gasteiger partial charge on any atom is 0.332 e. The third-order valence-electron chi connectivity index (χ3n) is 5.32. The molecule has 0 saturated heterocycles. The Kier molecular flexibility index (Phi) is 9.67. The number of allylic oxidation sites excluding steroid dienone is 3. The van der Waals surface area contributed by atoms with Crippen molar-refractivity contribution in [2.24, 2.45) is 11.8 Å². The van der Waals surface area contributed by atoms with Crippen molar-refractivity contribution in [3.05, 3.63) is 36.5 Å². The lowest BCUT2D eigenvalue weighted by atomic mass is 9.88. The first-order valence-electron chi connectivity index (χ1n) is 9.85. The van der Waals surface area contributed by atoms with Gasteiger partial charge in [-0.2, -0.15) is 0 Å². The molecule has 27 heavy (non-hydrogen) atoms. The number of aliphatic hydroxyl groups is 2. The van der Waals surface area contributed by atoms with Gasteiger partial charge in [-0.1, -0.05) is 44.2 Å². The first-order chi connectivity index (χ1) is 12.7. The molecule has 0 amide bonds. The van der Waals surface area contributed by atoms with Crippen molar-refractivity contribution in [2.45, 2.75) is 76.9 Å². The summed E-state index contributed by atoms with van der Waals surface area (Å²) >= 11 is 0. The average Bonchev–Trinajstić information content (AvgIpc) is 2.94. The molecule has 0 heterocycles. The Morgan fingerprint density at radius 1 is 1.37 bits per heavy atom. The molecule has 1 aliphatic carbocycles. The van der Waals surface area contributed by atoms with Gasteiger partial charge >= 0.3 is 5.97 Å². The molecule has 152 valence electrons. The van der Waals surface area contributed by atoms with Crippen LogP contribution < -0.4 is 0 Å². The van der Waals surface area contributed by atoms with Gasteiger partial charge in [0.1, 0.15) is 5.78 Å². The van der Waals surface area contributed by atoms with Crippen LogP contribution in [0.4, 0.5) is 0 Å². The number of aliphatic carboxylic acids is 1. The van der Waals surface area contributed by atoms with Crippen LogP contribution in [0.15, 0.2) is 36.5 Å². The summed E-state index contributed by atoms with van der Waals surface area (Å²) in [4.78, 5) is 22.7. The Morgan fingerprint density at radius 2 is 2.07 bits per heavy atom. The number of carboxylic acid groups (broad SMARTS) is 1. The van der Waals surface area contributed by atoms with Crippen molar-refractivity contribution in [3.63, 3.8) is 0 Å². The predicted molar refractivity (Wildman–Crippen MR) is 106 cm³/mol. The van der Waals surface area contributed by atoms with E-state index in [-0.39, 0.29) is 24.0 Å². The lowest BCUT2D eigenvalue weighted by Crippen LogP contribution is -2.25. The summed E-state index contributed by atoms with van der Waals surface area (Å²) in [6.07, 6.45) is 11.3. The van der Waals surface area contributed by atoms with Gasteiger partial charge < -0.3 is 15.3 Å². The third kappa shape index (κ3) is 7.81. The molecule has 2 unspecified atom stereocenters. The molecule has 5 nitrogen and oxygen atoms in total. The molecule has 1 aliphatic rings. The van der Waals surface area contributed by atoms with E-state index >= 15 is 0 Å². The first kappa shape index (κ1) is 23.3. The molecule has 5 heteroatoms. The molecule has 3 N–H and O–H groups in total. The highest BCUT2D eigenvalue weighted by Crippen LogP contribution is 2.33. The normalized spacial score (nSPS) is 23.8. The average molecular weight is 379 g/mol. The Morgan fingerprint density at radius 3 is 2.70 bits per heavy atom. The van der Waals surface area contributed by atoms with Gasteiger partial charge in [-0.3, -0.25) is 4.79 Å². The van der Waals surface area contributed by atoms with E-state index in [4.69, 9.17) is 5.11 Å². The van der Waals surface area contributed by atoms with Crippen molar-refractivity contribution in [1.29, 1.82) is 0 Å². The summed E-state index contributed by atoms with van der Waals surface area (Å²) in [6.45, 7) is 7.81. The second-order valence-corrected chi connectivity index (χ2v) is 7.67. The molecule has 0 spiro atoms. The fourth-order valence-electron chi connectivity index (χ4n) is 3.40. The Bertz CT molecular complexity index is 573. The second kappa shape index (κ2) is 11.2. The van der Waals surface area contributed by atoms with E-state index in [0.717, 1.165) is 24.8 Å². The lowest BCUT2D eigenvalue weighted by molar-refractivity contribution is -0.146. The van der Waals surface area contributed by atoms with Crippen LogP contribution in [0.1, 0.15) is 65.2 Å². The minimum absolute atomic E-state index is 0.0642. The predicted octanol–water partition coefficient (Wildman–Crippen LogP) is 3.81. The zero-order valence-corrected chi connectivity index (χ0v) is 16.6. The lowest BCUT2D eigenvalue weighted by Gasteiger charge is -2.24. The van der Waals surface area contributed by atoms with Crippen LogP contribution in [0.25, 0.3) is 0 Å². The number of hydrogen-bond donors (Lipinski definition) is 3. The number of aliphatic hydroxyl groups excluding tert-OH is 1. The van der Waals surface area contributed by atoms with Gasteiger partial charge in [0.2, 0.25) is 0 Å². The van der Waals surface area contributed by atoms with Gasteiger partial charge in [-0.25, -0.2) is 4.79 Å². The number of Topliss-reactive ketones (excluding diaryl/α,β-unsaturated/α-hetero) is 1. The summed E-state index contributed by atoms with van der Waals surface area (Å²) in [5, 5.41) is 28.4. The van der Waals surface area contributed by atoms with E-state index in [0.29, 0.717) is 25.7 Å². The highest BCUT2D eigenvalue weighted by Gasteiger charge is 2.32. The van der Waals surface area contributed by atoms with E-state index < -0.39 is 17.7 Å². The third-order valence-corrected chi connectivity index (χ3v) is 5.32. The molecule has 0 aromatic carbocycles. The Hall–Kier alpha value is -1.72. The molecule has 0 bridgehead atoms. The topological polar surface area (TPSA) is 94.8 Å². The number of carbonyl (C=O) groups is 2. The molecule has 0 radical (unpaired) electrons. The molecular weight excluding hydrogens is 344 g/mol. The standard InChI is InChI=1S/C22H34O5/c1-4-9-16(2)22(3,27)15-8-10-17-13-14-19(23)18(17)11-6-5-7-12-20(24)21(25)26/h5-6,8,10,17-18,20,24,27H,2,4,7,9,11-15H2,1,3H3,(H,25,26)/t17-,18+,20?,22?/m0/s1. The van der Waals surface area contributed by atoms with Crippen LogP contribution in [-0.4, -0.2) is 38.8 Å². The highest BCUT2D eigenvalue weighted by atomic mass is 16.4. The van der Waals surface area contributed by atoms with E-state index in [9.17, 15) is 19.8 Å². The second-order valence-electron chi connectivity index (χ2n) is 7.67. The van der Waals surface area contributed by atoms with Crippen molar-refractivity contribution in [1.82, 2.24) is 0 Å². The van der Waals surface area contributed by atoms with Crippen molar-refractivity contribution < 1.29 is 24.9 Å². The molecular formula is C22H34O5. The van der Waals surface area contributed by atoms with Gasteiger partial charge in [0.05, 0.1) is 5.60 Å². The quantitative estimate of drug-likeness (QED) is 0.449. The Balaban J connectivity index is 2.52. The van der Waals surface area contributed by atoms with Crippen LogP contribution in [-0.2, 0) is 9.59 Å². The fraction of sp³-hybridized carbons (Fsp3) is 0.636. The van der Waals surface area contributed by atoms with E-state index in [2.05, 4.69) is 13.5 Å².